The van der Waals surface area contributed by atoms with Crippen molar-refractivity contribution in [2.24, 2.45) is 0 Å². The van der Waals surface area contributed by atoms with Gasteiger partial charge in [0.05, 0.1) is 25.5 Å². The Hall–Kier alpha value is -1.64. The predicted octanol–water partition coefficient (Wildman–Crippen LogP) is 1.62. The summed E-state index contributed by atoms with van der Waals surface area (Å²) in [5.74, 6) is 1.49. The van der Waals surface area contributed by atoms with Crippen LogP contribution in [0.1, 0.15) is 29.3 Å². The molecule has 0 radical (unpaired) electrons. The minimum absolute atomic E-state index is 0.0231. The number of furan rings is 1. The van der Waals surface area contributed by atoms with Gasteiger partial charge in [-0.1, -0.05) is 18.7 Å². The number of nitrogens with zero attached hydrogens (tertiary/aromatic N) is 4. The van der Waals surface area contributed by atoms with E-state index in [0.717, 1.165) is 25.3 Å². The number of ether oxygens (including phenoxy) is 1. The van der Waals surface area contributed by atoms with Crippen LogP contribution >= 0.6 is 11.8 Å². The van der Waals surface area contributed by atoms with Crippen molar-refractivity contribution in [1.29, 1.82) is 0 Å². The Kier molecular flexibility index (Phi) is 3.96. The third-order valence-electron chi connectivity index (χ3n) is 4.18. The van der Waals surface area contributed by atoms with Crippen molar-refractivity contribution >= 4 is 17.7 Å². The van der Waals surface area contributed by atoms with Crippen molar-refractivity contribution in [3.8, 4) is 0 Å². The highest BCUT2D eigenvalue weighted by atomic mass is 32.2. The van der Waals surface area contributed by atoms with Crippen LogP contribution in [-0.2, 0) is 11.2 Å². The zero-order chi connectivity index (χ0) is 15.8. The van der Waals surface area contributed by atoms with Crippen molar-refractivity contribution in [1.82, 2.24) is 19.7 Å². The van der Waals surface area contributed by atoms with E-state index in [2.05, 4.69) is 15.0 Å². The fourth-order valence-electron chi connectivity index (χ4n) is 3.03. The third kappa shape index (κ3) is 2.60. The molecule has 0 saturated carbocycles. The standard InChI is InChI=1S/C15H18N4O3S/c1-2-11-16-15-19(17-11)14(20)13(23-15)12(10-4-3-7-22-10)18-5-8-21-9-6-18/h3-4,7,12-13H,2,5-6,8-9H2,1H3. The van der Waals surface area contributed by atoms with Crippen LogP contribution < -0.4 is 0 Å². The Morgan fingerprint density at radius 3 is 2.91 bits per heavy atom. The lowest BCUT2D eigenvalue weighted by atomic mass is 10.1. The molecule has 2 aliphatic rings. The molecule has 122 valence electrons. The Bertz CT molecular complexity index is 694. The fraction of sp³-hybridized carbons (Fsp3) is 0.533. The van der Waals surface area contributed by atoms with Crippen LogP contribution in [0.4, 0.5) is 0 Å². The molecule has 2 aromatic rings. The number of aryl methyl sites for hydroxylation is 1. The number of thioether (sulfide) groups is 1. The Morgan fingerprint density at radius 2 is 2.26 bits per heavy atom. The highest BCUT2D eigenvalue weighted by Gasteiger charge is 2.44. The first kappa shape index (κ1) is 14.9. The van der Waals surface area contributed by atoms with E-state index >= 15 is 0 Å². The molecule has 0 aromatic carbocycles. The topological polar surface area (TPSA) is 73.4 Å². The largest absolute Gasteiger partial charge is 0.468 e. The van der Waals surface area contributed by atoms with Crippen molar-refractivity contribution < 1.29 is 13.9 Å². The van der Waals surface area contributed by atoms with Crippen molar-refractivity contribution in [3.63, 3.8) is 0 Å². The molecule has 2 unspecified atom stereocenters. The summed E-state index contributed by atoms with van der Waals surface area (Å²) < 4.78 is 12.5. The number of hydrogen-bond donors (Lipinski definition) is 0. The fourth-order valence-corrected chi connectivity index (χ4v) is 4.28. The molecule has 7 nitrogen and oxygen atoms in total. The van der Waals surface area contributed by atoms with E-state index < -0.39 is 0 Å². The molecule has 23 heavy (non-hydrogen) atoms. The second-order valence-corrected chi connectivity index (χ2v) is 6.67. The van der Waals surface area contributed by atoms with Gasteiger partial charge >= 0.3 is 0 Å². The maximum atomic E-state index is 12.8. The first-order valence-corrected chi connectivity index (χ1v) is 8.68. The number of rotatable bonds is 4. The van der Waals surface area contributed by atoms with Gasteiger partial charge in [0.1, 0.15) is 11.0 Å². The lowest BCUT2D eigenvalue weighted by molar-refractivity contribution is 0.0108. The molecule has 1 fully saturated rings. The third-order valence-corrected chi connectivity index (χ3v) is 5.37. The van der Waals surface area contributed by atoms with E-state index in [4.69, 9.17) is 9.15 Å². The van der Waals surface area contributed by atoms with E-state index in [9.17, 15) is 4.79 Å². The summed E-state index contributed by atoms with van der Waals surface area (Å²) in [5.41, 5.74) is 0. The molecule has 2 aromatic heterocycles. The number of hydrogen-bond acceptors (Lipinski definition) is 7. The van der Waals surface area contributed by atoms with Crippen LogP contribution in [0.5, 0.6) is 0 Å². The normalized spacial score (nSPS) is 23.2. The molecule has 0 N–H and O–H groups in total. The van der Waals surface area contributed by atoms with Gasteiger partial charge in [0.2, 0.25) is 0 Å². The summed E-state index contributed by atoms with van der Waals surface area (Å²) in [6.45, 7) is 4.89. The minimum atomic E-state index is -0.292. The summed E-state index contributed by atoms with van der Waals surface area (Å²) >= 11 is 1.48. The highest BCUT2D eigenvalue weighted by molar-refractivity contribution is 8.00. The number of morpholine rings is 1. The monoisotopic (exact) mass is 334 g/mol. The Labute approximate surface area is 138 Å². The molecule has 0 spiro atoms. The van der Waals surface area contributed by atoms with Crippen molar-refractivity contribution in [3.05, 3.63) is 30.0 Å². The van der Waals surface area contributed by atoms with Gasteiger partial charge in [-0.3, -0.25) is 9.69 Å². The van der Waals surface area contributed by atoms with Gasteiger partial charge < -0.3 is 9.15 Å². The highest BCUT2D eigenvalue weighted by Crippen LogP contribution is 2.41. The number of fused-ring (bicyclic) bond motifs is 1. The van der Waals surface area contributed by atoms with E-state index in [-0.39, 0.29) is 17.2 Å². The van der Waals surface area contributed by atoms with Gasteiger partial charge in [0.25, 0.3) is 5.91 Å². The van der Waals surface area contributed by atoms with Gasteiger partial charge in [-0.05, 0) is 12.1 Å². The maximum Gasteiger partial charge on any atom is 0.265 e. The van der Waals surface area contributed by atoms with Crippen LogP contribution in [0.25, 0.3) is 0 Å². The molecule has 8 heteroatoms. The van der Waals surface area contributed by atoms with Gasteiger partial charge in [0, 0.05) is 19.5 Å². The van der Waals surface area contributed by atoms with E-state index in [1.54, 1.807) is 6.26 Å². The SMILES string of the molecule is CCc1nc2n(n1)C(=O)C(C(c1ccco1)N1CCOCC1)S2. The molecule has 0 bridgehead atoms. The number of aromatic nitrogens is 3. The second kappa shape index (κ2) is 6.10. The lowest BCUT2D eigenvalue weighted by Gasteiger charge is -2.35. The lowest BCUT2D eigenvalue weighted by Crippen LogP contribution is -2.44. The smallest absolute Gasteiger partial charge is 0.265 e. The average molecular weight is 334 g/mol. The summed E-state index contributed by atoms with van der Waals surface area (Å²) in [6.07, 6.45) is 2.38. The molecular weight excluding hydrogens is 316 g/mol. The maximum absolute atomic E-state index is 12.8. The second-order valence-electron chi connectivity index (χ2n) is 5.56. The zero-order valence-corrected chi connectivity index (χ0v) is 13.7. The summed E-state index contributed by atoms with van der Waals surface area (Å²) in [5, 5.41) is 4.70. The van der Waals surface area contributed by atoms with Crippen LogP contribution in [0.15, 0.2) is 28.0 Å². The molecule has 2 aliphatic heterocycles. The first-order valence-electron chi connectivity index (χ1n) is 7.80. The predicted molar refractivity (Wildman–Crippen MR) is 83.5 cm³/mol. The van der Waals surface area contributed by atoms with Crippen LogP contribution in [-0.4, -0.2) is 57.1 Å². The molecule has 4 rings (SSSR count). The van der Waals surface area contributed by atoms with Gasteiger partial charge in [-0.25, -0.2) is 4.98 Å². The average Bonchev–Trinajstić information content (AvgIpc) is 3.29. The summed E-state index contributed by atoms with van der Waals surface area (Å²) in [6, 6.07) is 3.67. The first-order chi connectivity index (χ1) is 11.3. The Morgan fingerprint density at radius 1 is 1.43 bits per heavy atom. The quantitative estimate of drug-likeness (QED) is 0.841. The molecule has 4 heterocycles. The van der Waals surface area contributed by atoms with Crippen molar-refractivity contribution in [2.45, 2.75) is 29.8 Å². The van der Waals surface area contributed by atoms with Gasteiger partial charge in [-0.15, -0.1) is 5.10 Å². The van der Waals surface area contributed by atoms with Crippen LogP contribution in [0, 0.1) is 0 Å². The van der Waals surface area contributed by atoms with Crippen molar-refractivity contribution in [2.75, 3.05) is 26.3 Å². The molecule has 0 amide bonds. The van der Waals surface area contributed by atoms with Crippen LogP contribution in [0.2, 0.25) is 0 Å². The van der Waals surface area contributed by atoms with E-state index in [0.29, 0.717) is 24.2 Å². The minimum Gasteiger partial charge on any atom is -0.468 e. The summed E-state index contributed by atoms with van der Waals surface area (Å²) in [4.78, 5) is 19.5. The zero-order valence-electron chi connectivity index (χ0n) is 12.8. The summed E-state index contributed by atoms with van der Waals surface area (Å²) in [7, 11) is 0. The van der Waals surface area contributed by atoms with Gasteiger partial charge in [-0.2, -0.15) is 4.68 Å². The van der Waals surface area contributed by atoms with Crippen LogP contribution in [0.3, 0.4) is 0 Å². The number of carbonyl (C=O) groups excluding carboxylic acids is 1. The molecule has 0 aliphatic carbocycles. The van der Waals surface area contributed by atoms with Gasteiger partial charge in [0.15, 0.2) is 11.0 Å². The molecule has 1 saturated heterocycles. The Balaban J connectivity index is 1.65. The molecular formula is C15H18N4O3S. The molecule has 2 atom stereocenters. The van der Waals surface area contributed by atoms with E-state index in [1.807, 2.05) is 19.1 Å². The van der Waals surface area contributed by atoms with E-state index in [1.165, 1.54) is 16.4 Å². The number of carbonyl (C=O) groups is 1.